The van der Waals surface area contributed by atoms with Crippen LogP contribution in [-0.2, 0) is 9.36 Å². The van der Waals surface area contributed by atoms with Crippen LogP contribution in [0.2, 0.25) is 0 Å². The predicted molar refractivity (Wildman–Crippen MR) is 51.1 cm³/mol. The Bertz CT molecular complexity index is 283. The van der Waals surface area contributed by atoms with Crippen LogP contribution in [0.5, 0.6) is 0 Å². The van der Waals surface area contributed by atoms with Crippen LogP contribution in [0.1, 0.15) is 32.6 Å². The molecule has 0 aromatic rings. The molecular formula is C9H14NO2P. The van der Waals surface area contributed by atoms with Gasteiger partial charge < -0.3 is 0 Å². The quantitative estimate of drug-likeness (QED) is 0.638. The van der Waals surface area contributed by atoms with E-state index in [-0.39, 0.29) is 19.9 Å². The molecule has 0 saturated carbocycles. The van der Waals surface area contributed by atoms with E-state index in [1.165, 1.54) is 0 Å². The van der Waals surface area contributed by atoms with Crippen molar-refractivity contribution in [1.82, 2.24) is 4.90 Å². The first-order valence-corrected chi connectivity index (χ1v) is 5.48. The van der Waals surface area contributed by atoms with E-state index in [0.29, 0.717) is 6.42 Å². The van der Waals surface area contributed by atoms with Crippen LogP contribution < -0.4 is 0 Å². The van der Waals surface area contributed by atoms with Crippen LogP contribution >= 0.6 is 7.92 Å². The fourth-order valence-corrected chi connectivity index (χ4v) is 2.01. The van der Waals surface area contributed by atoms with Gasteiger partial charge in [-0.15, -0.1) is 0 Å². The van der Waals surface area contributed by atoms with Crippen LogP contribution in [0.15, 0.2) is 0 Å². The van der Waals surface area contributed by atoms with Gasteiger partial charge in [0.25, 0.3) is 0 Å². The van der Waals surface area contributed by atoms with E-state index in [2.05, 4.69) is 5.63 Å². The number of likely N-dealkylation sites (tertiary alicyclic amines) is 1. The molecule has 0 bridgehead atoms. The summed E-state index contributed by atoms with van der Waals surface area (Å²) < 4.78 is 10.3. The van der Waals surface area contributed by atoms with Crippen molar-refractivity contribution in [2.24, 2.45) is 0 Å². The van der Waals surface area contributed by atoms with E-state index in [1.54, 1.807) is 4.90 Å². The molecule has 0 aromatic heterocycles. The first kappa shape index (κ1) is 10.6. The molecule has 1 unspecified atom stereocenters. The predicted octanol–water partition coefficient (Wildman–Crippen LogP) is 2.03. The van der Waals surface area contributed by atoms with E-state index < -0.39 is 0 Å². The summed E-state index contributed by atoms with van der Waals surface area (Å²) in [5.41, 5.74) is 2.76. The summed E-state index contributed by atoms with van der Waals surface area (Å²) in [5.74, 6) is 0.168. The third-order valence-corrected chi connectivity index (χ3v) is 2.64. The second-order valence-corrected chi connectivity index (χ2v) is 3.66. The molecule has 0 aromatic carbocycles. The number of hydrogen-bond donors (Lipinski definition) is 0. The Kier molecular flexibility index (Phi) is 4.27. The SMILES string of the molecule is CCCC(=O)N1CCCC1C#P=O. The molecule has 1 aliphatic heterocycles. The van der Waals surface area contributed by atoms with Crippen molar-refractivity contribution >= 4 is 13.8 Å². The van der Waals surface area contributed by atoms with Crippen molar-refractivity contribution in [3.8, 4) is 5.63 Å². The molecule has 13 heavy (non-hydrogen) atoms. The minimum atomic E-state index is -0.0886. The van der Waals surface area contributed by atoms with E-state index in [9.17, 15) is 9.36 Å². The second-order valence-electron chi connectivity index (χ2n) is 3.22. The van der Waals surface area contributed by atoms with Crippen molar-refractivity contribution in [1.29, 1.82) is 0 Å². The number of hydrogen-bond acceptors (Lipinski definition) is 2. The van der Waals surface area contributed by atoms with Crippen molar-refractivity contribution in [2.75, 3.05) is 6.54 Å². The first-order valence-electron chi connectivity index (χ1n) is 4.67. The van der Waals surface area contributed by atoms with Gasteiger partial charge in [0.05, 0.1) is 0 Å². The summed E-state index contributed by atoms with van der Waals surface area (Å²) in [7, 11) is -0.0886. The zero-order chi connectivity index (χ0) is 9.68. The summed E-state index contributed by atoms with van der Waals surface area (Å²) in [4.78, 5) is 13.3. The Balaban J connectivity index is 2.60. The summed E-state index contributed by atoms with van der Waals surface area (Å²) in [5, 5.41) is 0. The summed E-state index contributed by atoms with van der Waals surface area (Å²) in [6, 6.07) is -0.0155. The maximum absolute atomic E-state index is 11.5. The topological polar surface area (TPSA) is 37.4 Å². The molecule has 1 saturated heterocycles. The zero-order valence-electron chi connectivity index (χ0n) is 7.82. The van der Waals surface area contributed by atoms with Gasteiger partial charge in [0.15, 0.2) is 0 Å². The molecule has 1 fully saturated rings. The Hall–Kier alpha value is -0.520. The molecule has 0 radical (unpaired) electrons. The average molecular weight is 199 g/mol. The van der Waals surface area contributed by atoms with Gasteiger partial charge in [-0.25, -0.2) is 0 Å². The van der Waals surface area contributed by atoms with Crippen LogP contribution in [0, 0.1) is 5.63 Å². The molecule has 4 heteroatoms. The molecule has 0 spiro atoms. The standard InChI is InChI=1S/C9H14NO2P/c1-2-4-9(11)10-6-3-5-8(10)7-13-12/h8H,2-6H2,1H3. The average Bonchev–Trinajstić information content (AvgIpc) is 2.54. The maximum atomic E-state index is 11.5. The van der Waals surface area contributed by atoms with Gasteiger partial charge in [0.1, 0.15) is 0 Å². The van der Waals surface area contributed by atoms with Crippen LogP contribution in [0.3, 0.4) is 0 Å². The molecule has 0 aliphatic carbocycles. The molecule has 1 atom stereocenters. The van der Waals surface area contributed by atoms with E-state index >= 15 is 0 Å². The number of amides is 1. The van der Waals surface area contributed by atoms with Gasteiger partial charge in [0.2, 0.25) is 0 Å². The van der Waals surface area contributed by atoms with Gasteiger partial charge in [-0.2, -0.15) is 0 Å². The van der Waals surface area contributed by atoms with Gasteiger partial charge in [-0.3, -0.25) is 0 Å². The first-order chi connectivity index (χ1) is 6.29. The Morgan fingerprint density at radius 1 is 1.69 bits per heavy atom. The van der Waals surface area contributed by atoms with Crippen LogP contribution in [-0.4, -0.2) is 23.4 Å². The molecule has 72 valence electrons. The molecule has 1 rings (SSSR count). The zero-order valence-corrected chi connectivity index (χ0v) is 8.72. The Morgan fingerprint density at radius 2 is 2.46 bits per heavy atom. The van der Waals surface area contributed by atoms with Crippen LogP contribution in [0.25, 0.3) is 0 Å². The summed E-state index contributed by atoms with van der Waals surface area (Å²) in [6.45, 7) is 2.79. The molecular weight excluding hydrogens is 185 g/mol. The monoisotopic (exact) mass is 199 g/mol. The van der Waals surface area contributed by atoms with Gasteiger partial charge >= 0.3 is 78.9 Å². The Labute approximate surface area is 79.6 Å². The number of nitrogens with zero attached hydrogens (tertiary/aromatic N) is 1. The second kappa shape index (κ2) is 5.26. The van der Waals surface area contributed by atoms with E-state index in [4.69, 9.17) is 0 Å². The number of carbonyl (C=O) groups excluding carboxylic acids is 1. The van der Waals surface area contributed by atoms with E-state index in [1.807, 2.05) is 6.92 Å². The molecule has 1 heterocycles. The van der Waals surface area contributed by atoms with Crippen molar-refractivity contribution in [3.05, 3.63) is 0 Å². The molecule has 0 N–H and O–H groups in total. The third-order valence-electron chi connectivity index (χ3n) is 2.24. The van der Waals surface area contributed by atoms with Crippen molar-refractivity contribution < 1.29 is 9.36 Å². The third kappa shape index (κ3) is 2.72. The van der Waals surface area contributed by atoms with Crippen LogP contribution in [0.4, 0.5) is 0 Å². The summed E-state index contributed by atoms with van der Waals surface area (Å²) >= 11 is 0. The number of carbonyl (C=O) groups is 1. The number of rotatable bonds is 2. The Morgan fingerprint density at radius 3 is 3.08 bits per heavy atom. The fraction of sp³-hybridized carbons (Fsp3) is 0.778. The summed E-state index contributed by atoms with van der Waals surface area (Å²) in [6.07, 6.45) is 3.37. The molecule has 1 amide bonds. The van der Waals surface area contributed by atoms with Gasteiger partial charge in [-0.05, 0) is 0 Å². The minimum absolute atomic E-state index is 0.0155. The van der Waals surface area contributed by atoms with Crippen molar-refractivity contribution in [3.63, 3.8) is 0 Å². The fourth-order valence-electron chi connectivity index (χ4n) is 1.62. The van der Waals surface area contributed by atoms with Gasteiger partial charge in [0, 0.05) is 0 Å². The normalized spacial score (nSPS) is 21.3. The van der Waals surface area contributed by atoms with Crippen molar-refractivity contribution in [2.45, 2.75) is 38.6 Å². The van der Waals surface area contributed by atoms with E-state index in [0.717, 1.165) is 25.8 Å². The molecule has 1 aliphatic rings. The molecule has 3 nitrogen and oxygen atoms in total. The van der Waals surface area contributed by atoms with Gasteiger partial charge in [-0.1, -0.05) is 0 Å².